The molecule has 4 aromatic rings. The van der Waals surface area contributed by atoms with Gasteiger partial charge < -0.3 is 19.3 Å². The number of hydrogen-bond acceptors (Lipinski definition) is 8. The first-order chi connectivity index (χ1) is 25.0. The van der Waals surface area contributed by atoms with Crippen molar-refractivity contribution in [1.29, 1.82) is 0 Å². The molecule has 0 aliphatic carbocycles. The molecule has 52 heavy (non-hydrogen) atoms. The Hall–Kier alpha value is -4.67. The highest BCUT2D eigenvalue weighted by atomic mass is 16.7. The van der Waals surface area contributed by atoms with E-state index >= 15 is 0 Å². The number of imide groups is 1. The number of ether oxygens (including phenoxy) is 3. The lowest BCUT2D eigenvalue weighted by atomic mass is 9.89. The summed E-state index contributed by atoms with van der Waals surface area (Å²) in [6, 6.07) is 30.4. The fourth-order valence-corrected chi connectivity index (χ4v) is 7.52. The number of esters is 1. The van der Waals surface area contributed by atoms with E-state index < -0.39 is 11.9 Å². The number of rotatable bonds is 9. The van der Waals surface area contributed by atoms with Gasteiger partial charge in [0.25, 0.3) is 11.8 Å². The first-order valence-corrected chi connectivity index (χ1v) is 18.1. The average Bonchev–Trinajstić information content (AvgIpc) is 3.70. The summed E-state index contributed by atoms with van der Waals surface area (Å²) in [6.07, 6.45) is 0.413. The number of carbonyl (C=O) groups is 3. The van der Waals surface area contributed by atoms with Crippen LogP contribution >= 0.6 is 0 Å². The predicted molar refractivity (Wildman–Crippen MR) is 196 cm³/mol. The van der Waals surface area contributed by atoms with Gasteiger partial charge in [0.05, 0.1) is 36.5 Å². The zero-order valence-electron chi connectivity index (χ0n) is 30.2. The highest BCUT2D eigenvalue weighted by Gasteiger charge is 2.42. The molecule has 9 heteroatoms. The van der Waals surface area contributed by atoms with Crippen molar-refractivity contribution in [1.82, 2.24) is 9.80 Å². The fourth-order valence-electron chi connectivity index (χ4n) is 7.52. The van der Waals surface area contributed by atoms with Crippen molar-refractivity contribution in [3.8, 4) is 11.1 Å². The Balaban J connectivity index is 1.14. The van der Waals surface area contributed by atoms with E-state index in [2.05, 4.69) is 17.9 Å². The molecule has 9 nitrogen and oxygen atoms in total. The molecular formula is C43H46N2O7. The predicted octanol–water partition coefficient (Wildman–Crippen LogP) is 7.24. The average molecular weight is 703 g/mol. The monoisotopic (exact) mass is 702 g/mol. The second kappa shape index (κ2) is 14.8. The molecule has 0 radical (unpaired) electrons. The van der Waals surface area contributed by atoms with Crippen LogP contribution in [0.3, 0.4) is 0 Å². The molecule has 2 amide bonds. The van der Waals surface area contributed by atoms with Crippen molar-refractivity contribution >= 4 is 17.8 Å². The lowest BCUT2D eigenvalue weighted by Crippen LogP contribution is -2.48. The number of carbonyl (C=O) groups excluding carboxylic acids is 3. The molecule has 0 spiro atoms. The number of hydrogen-bond donors (Lipinski definition) is 1. The number of aliphatic hydroxyl groups excluding tert-OH is 1. The Morgan fingerprint density at radius 3 is 2.17 bits per heavy atom. The largest absolute Gasteiger partial charge is 0.459 e. The van der Waals surface area contributed by atoms with Gasteiger partial charge in [-0.2, -0.15) is 0 Å². The fraction of sp³-hybridized carbons (Fsp3) is 0.372. The van der Waals surface area contributed by atoms with Gasteiger partial charge in [-0.05, 0) is 92.2 Å². The molecule has 3 heterocycles. The van der Waals surface area contributed by atoms with Gasteiger partial charge in [-0.1, -0.05) is 79.7 Å². The Morgan fingerprint density at radius 2 is 1.50 bits per heavy atom. The molecule has 2 fully saturated rings. The molecular weight excluding hydrogens is 656 g/mol. The summed E-state index contributed by atoms with van der Waals surface area (Å²) in [7, 11) is 0. The van der Waals surface area contributed by atoms with E-state index in [1.54, 1.807) is 24.3 Å². The number of likely N-dealkylation sites (tertiary alicyclic amines) is 1. The Morgan fingerprint density at radius 1 is 0.827 bits per heavy atom. The Labute approximate surface area is 305 Å². The lowest BCUT2D eigenvalue weighted by molar-refractivity contribution is -0.276. The number of benzene rings is 4. The zero-order chi connectivity index (χ0) is 36.6. The van der Waals surface area contributed by atoms with Gasteiger partial charge in [0, 0.05) is 18.0 Å². The van der Waals surface area contributed by atoms with Crippen LogP contribution in [-0.4, -0.2) is 63.5 Å². The van der Waals surface area contributed by atoms with Gasteiger partial charge >= 0.3 is 5.97 Å². The van der Waals surface area contributed by atoms with Crippen LogP contribution in [0.2, 0.25) is 0 Å². The molecule has 270 valence electrons. The van der Waals surface area contributed by atoms with Gasteiger partial charge in [0.15, 0.2) is 6.29 Å². The Kier molecular flexibility index (Phi) is 10.1. The number of nitrogens with zero attached hydrogens (tertiary/aromatic N) is 2. The molecule has 1 N–H and O–H groups in total. The van der Waals surface area contributed by atoms with E-state index in [4.69, 9.17) is 14.2 Å². The quantitative estimate of drug-likeness (QED) is 0.144. The highest BCUT2D eigenvalue weighted by Crippen LogP contribution is 2.43. The van der Waals surface area contributed by atoms with Crippen LogP contribution in [0.5, 0.6) is 0 Å². The van der Waals surface area contributed by atoms with Gasteiger partial charge in [-0.15, -0.1) is 0 Å². The summed E-state index contributed by atoms with van der Waals surface area (Å²) in [5.41, 5.74) is 5.69. The minimum absolute atomic E-state index is 0.0387. The second-order valence-corrected chi connectivity index (χ2v) is 15.1. The number of fused-ring (bicyclic) bond motifs is 1. The highest BCUT2D eigenvalue weighted by molar-refractivity contribution is 6.21. The molecule has 7 rings (SSSR count). The van der Waals surface area contributed by atoms with E-state index in [0.717, 1.165) is 52.8 Å². The van der Waals surface area contributed by atoms with Crippen molar-refractivity contribution in [3.05, 3.63) is 130 Å². The minimum atomic E-state index is -0.687. The molecule has 0 saturated carbocycles. The van der Waals surface area contributed by atoms with Gasteiger partial charge in [0.1, 0.15) is 11.6 Å². The summed E-state index contributed by atoms with van der Waals surface area (Å²) in [4.78, 5) is 42.8. The third-order valence-corrected chi connectivity index (χ3v) is 10.2. The van der Waals surface area contributed by atoms with E-state index in [-0.39, 0.29) is 55.1 Å². The smallest absolute Gasteiger partial charge is 0.323 e. The van der Waals surface area contributed by atoms with Crippen LogP contribution < -0.4 is 0 Å². The number of amides is 2. The van der Waals surface area contributed by atoms with Crippen molar-refractivity contribution in [2.24, 2.45) is 5.92 Å². The molecule has 0 aromatic heterocycles. The van der Waals surface area contributed by atoms with Gasteiger partial charge in [0.2, 0.25) is 0 Å². The second-order valence-electron chi connectivity index (χ2n) is 15.1. The van der Waals surface area contributed by atoms with Gasteiger partial charge in [-0.25, -0.2) is 0 Å². The summed E-state index contributed by atoms with van der Waals surface area (Å²) in [5, 5.41) is 9.66. The molecule has 3 aliphatic rings. The Bertz CT molecular complexity index is 1920. The maximum absolute atomic E-state index is 13.2. The molecule has 5 atom stereocenters. The van der Waals surface area contributed by atoms with Crippen molar-refractivity contribution in [3.63, 3.8) is 0 Å². The normalized spacial score (nSPS) is 23.6. The van der Waals surface area contributed by atoms with E-state index in [0.29, 0.717) is 17.7 Å². The maximum Gasteiger partial charge on any atom is 0.323 e. The van der Waals surface area contributed by atoms with E-state index in [1.165, 1.54) is 4.90 Å². The molecule has 2 saturated heterocycles. The van der Waals surface area contributed by atoms with E-state index in [9.17, 15) is 19.5 Å². The lowest BCUT2D eigenvalue weighted by Gasteiger charge is -2.43. The summed E-state index contributed by atoms with van der Waals surface area (Å²) in [6.45, 7) is 9.27. The summed E-state index contributed by atoms with van der Waals surface area (Å²) >= 11 is 0. The van der Waals surface area contributed by atoms with Crippen LogP contribution in [0.4, 0.5) is 0 Å². The molecule has 4 aromatic carbocycles. The van der Waals surface area contributed by atoms with Gasteiger partial charge in [-0.3, -0.25) is 24.2 Å². The first-order valence-electron chi connectivity index (χ1n) is 18.1. The summed E-state index contributed by atoms with van der Waals surface area (Å²) < 4.78 is 19.3. The molecule has 3 aliphatic heterocycles. The van der Waals surface area contributed by atoms with Crippen molar-refractivity contribution in [2.45, 2.75) is 83.8 Å². The van der Waals surface area contributed by atoms with Crippen molar-refractivity contribution in [2.75, 3.05) is 13.1 Å². The van der Waals surface area contributed by atoms with Crippen LogP contribution in [0.1, 0.15) is 95.9 Å². The van der Waals surface area contributed by atoms with Crippen LogP contribution in [-0.2, 0) is 32.2 Å². The third-order valence-electron chi connectivity index (χ3n) is 10.2. The molecule has 0 bridgehead atoms. The number of aliphatic hydroxyl groups is 1. The standard InChI is InChI=1S/C43H46N2O7/c1-27-37(25-44-21-9-16-36(44)41(49)52-43(2,3)4)50-42(51-38(27)30-19-17-28(26-46)18-20-30)33-13-8-12-32(23-33)31-11-7-10-29(22-31)24-45-39(47)34-14-5-6-15-35(34)40(45)48/h5-8,10-15,17-20,22-23,27,36-38,42,46H,9,16,21,24-26H2,1-4H3. The SMILES string of the molecule is CC1C(CN2CCCC2C(=O)OC(C)(C)C)OC(c2cccc(-c3cccc(CN4C(=O)c5ccccc5C4=O)c3)c2)OC1c1ccc(CO)cc1. The third kappa shape index (κ3) is 7.45. The zero-order valence-corrected chi connectivity index (χ0v) is 30.2. The van der Waals surface area contributed by atoms with E-state index in [1.807, 2.05) is 87.5 Å². The van der Waals surface area contributed by atoms with Crippen LogP contribution in [0.25, 0.3) is 11.1 Å². The maximum atomic E-state index is 13.2. The van der Waals surface area contributed by atoms with Crippen molar-refractivity contribution < 1.29 is 33.7 Å². The van der Waals surface area contributed by atoms with Crippen LogP contribution in [0.15, 0.2) is 97.1 Å². The first kappa shape index (κ1) is 35.7. The summed E-state index contributed by atoms with van der Waals surface area (Å²) in [5.74, 6) is -0.806. The molecule has 5 unspecified atom stereocenters. The topological polar surface area (TPSA) is 106 Å². The minimum Gasteiger partial charge on any atom is -0.459 e. The van der Waals surface area contributed by atoms with Crippen LogP contribution in [0, 0.1) is 5.92 Å².